The Morgan fingerprint density at radius 2 is 2.04 bits per heavy atom. The van der Waals surface area contributed by atoms with Crippen molar-refractivity contribution in [2.45, 2.75) is 46.3 Å². The van der Waals surface area contributed by atoms with E-state index in [0.29, 0.717) is 12.1 Å². The third-order valence-electron chi connectivity index (χ3n) is 4.50. The fourth-order valence-corrected chi connectivity index (χ4v) is 3.02. The van der Waals surface area contributed by atoms with E-state index in [1.807, 2.05) is 31.2 Å². The molecule has 0 bridgehead atoms. The molecule has 1 aliphatic rings. The molecule has 0 aliphatic carbocycles. The summed E-state index contributed by atoms with van der Waals surface area (Å²) in [5, 5.41) is 7.58. The molecule has 1 amide bonds. The molecule has 0 spiro atoms. The highest BCUT2D eigenvalue weighted by Crippen LogP contribution is 2.14. The number of benzene rings is 1. The van der Waals surface area contributed by atoms with E-state index in [1.165, 1.54) is 18.5 Å². The molecule has 24 heavy (non-hydrogen) atoms. The number of hydrogen-bond acceptors (Lipinski definition) is 3. The number of carbonyl (C=O) groups is 1. The molecule has 0 saturated heterocycles. The van der Waals surface area contributed by atoms with Crippen LogP contribution in [0.5, 0.6) is 0 Å². The number of carbonyl (C=O) groups excluding carboxylic acids is 1. The van der Waals surface area contributed by atoms with E-state index < -0.39 is 0 Å². The van der Waals surface area contributed by atoms with Gasteiger partial charge in [0.15, 0.2) is 0 Å². The zero-order chi connectivity index (χ0) is 16.9. The Morgan fingerprint density at radius 3 is 2.79 bits per heavy atom. The lowest BCUT2D eigenvalue weighted by Crippen LogP contribution is -2.34. The first-order chi connectivity index (χ1) is 11.7. The first-order valence-electron chi connectivity index (χ1n) is 8.78. The molecule has 5 nitrogen and oxygen atoms in total. The van der Waals surface area contributed by atoms with Crippen molar-refractivity contribution in [1.29, 1.82) is 0 Å². The van der Waals surface area contributed by atoms with E-state index in [1.54, 1.807) is 0 Å². The maximum absolute atomic E-state index is 12.2. The Balaban J connectivity index is 1.56. The number of fused-ring (bicyclic) bond motifs is 1. The van der Waals surface area contributed by atoms with Gasteiger partial charge in [0.25, 0.3) is 5.91 Å². The van der Waals surface area contributed by atoms with Crippen LogP contribution in [0.1, 0.15) is 47.1 Å². The van der Waals surface area contributed by atoms with Crippen molar-refractivity contribution >= 4 is 5.91 Å². The molecule has 1 N–H and O–H groups in total. The SMILES string of the molecule is CCCCN1CCn2nc(CNC(=O)c3ccc(C)cc3)cc2C1. The molecule has 128 valence electrons. The van der Waals surface area contributed by atoms with Crippen LogP contribution in [-0.4, -0.2) is 33.7 Å². The summed E-state index contributed by atoms with van der Waals surface area (Å²) in [7, 11) is 0. The lowest BCUT2D eigenvalue weighted by Gasteiger charge is -2.27. The zero-order valence-electron chi connectivity index (χ0n) is 14.6. The van der Waals surface area contributed by atoms with Crippen LogP contribution in [0.25, 0.3) is 0 Å². The van der Waals surface area contributed by atoms with Gasteiger partial charge in [0.2, 0.25) is 0 Å². The summed E-state index contributed by atoms with van der Waals surface area (Å²) in [6, 6.07) is 9.74. The minimum Gasteiger partial charge on any atom is -0.346 e. The Labute approximate surface area is 143 Å². The second kappa shape index (κ2) is 7.62. The van der Waals surface area contributed by atoms with E-state index in [4.69, 9.17) is 0 Å². The van der Waals surface area contributed by atoms with Crippen LogP contribution in [0.3, 0.4) is 0 Å². The highest BCUT2D eigenvalue weighted by Gasteiger charge is 2.18. The van der Waals surface area contributed by atoms with Gasteiger partial charge in [-0.2, -0.15) is 5.10 Å². The number of aromatic nitrogens is 2. The van der Waals surface area contributed by atoms with E-state index in [-0.39, 0.29) is 5.91 Å². The van der Waals surface area contributed by atoms with Crippen molar-refractivity contribution in [2.24, 2.45) is 0 Å². The molecule has 0 saturated carbocycles. The second-order valence-corrected chi connectivity index (χ2v) is 6.53. The predicted octanol–water partition coefficient (Wildman–Crippen LogP) is 2.74. The molecule has 3 rings (SSSR count). The molecular formula is C19H26N4O. The first kappa shape index (κ1) is 16.7. The highest BCUT2D eigenvalue weighted by molar-refractivity contribution is 5.94. The van der Waals surface area contributed by atoms with Gasteiger partial charge in [0.1, 0.15) is 0 Å². The third kappa shape index (κ3) is 4.03. The molecule has 0 unspecified atom stereocenters. The van der Waals surface area contributed by atoms with Gasteiger partial charge in [-0.05, 0) is 38.1 Å². The number of nitrogens with one attached hydrogen (secondary N) is 1. The number of amides is 1. The average Bonchev–Trinajstić information content (AvgIpc) is 3.00. The Hall–Kier alpha value is -2.14. The average molecular weight is 326 g/mol. The van der Waals surface area contributed by atoms with Crippen molar-refractivity contribution in [3.8, 4) is 0 Å². The smallest absolute Gasteiger partial charge is 0.251 e. The molecule has 0 atom stereocenters. The molecule has 2 heterocycles. The van der Waals surface area contributed by atoms with Crippen molar-refractivity contribution in [3.05, 3.63) is 52.8 Å². The van der Waals surface area contributed by atoms with Crippen molar-refractivity contribution in [1.82, 2.24) is 20.0 Å². The van der Waals surface area contributed by atoms with Gasteiger partial charge in [-0.25, -0.2) is 0 Å². The summed E-state index contributed by atoms with van der Waals surface area (Å²) in [4.78, 5) is 14.7. The van der Waals surface area contributed by atoms with E-state index in [9.17, 15) is 4.79 Å². The summed E-state index contributed by atoms with van der Waals surface area (Å²) >= 11 is 0. The quantitative estimate of drug-likeness (QED) is 0.888. The van der Waals surface area contributed by atoms with Gasteiger partial charge >= 0.3 is 0 Å². The molecule has 1 aromatic carbocycles. The summed E-state index contributed by atoms with van der Waals surface area (Å²) in [5.74, 6) is -0.0504. The standard InChI is InChI=1S/C19H26N4O/c1-3-4-9-22-10-11-23-18(14-22)12-17(21-23)13-20-19(24)16-7-5-15(2)6-8-16/h5-8,12H,3-4,9-11,13-14H2,1-2H3,(H,20,24). The summed E-state index contributed by atoms with van der Waals surface area (Å²) in [6.45, 7) is 8.82. The molecule has 5 heteroatoms. The minimum atomic E-state index is -0.0504. The van der Waals surface area contributed by atoms with E-state index in [2.05, 4.69) is 33.0 Å². The molecule has 1 aliphatic heterocycles. The van der Waals surface area contributed by atoms with Crippen molar-refractivity contribution in [2.75, 3.05) is 13.1 Å². The predicted molar refractivity (Wildman–Crippen MR) is 94.8 cm³/mol. The largest absolute Gasteiger partial charge is 0.346 e. The molecule has 0 fully saturated rings. The normalized spacial score (nSPS) is 14.4. The van der Waals surface area contributed by atoms with Gasteiger partial charge in [-0.3, -0.25) is 14.4 Å². The first-order valence-corrected chi connectivity index (χ1v) is 8.78. The number of rotatable bonds is 6. The van der Waals surface area contributed by atoms with Crippen LogP contribution < -0.4 is 5.32 Å². The van der Waals surface area contributed by atoms with Crippen LogP contribution in [0.4, 0.5) is 0 Å². The van der Waals surface area contributed by atoms with Crippen LogP contribution >= 0.6 is 0 Å². The van der Waals surface area contributed by atoms with Crippen LogP contribution in [0.15, 0.2) is 30.3 Å². The van der Waals surface area contributed by atoms with Gasteiger partial charge in [0, 0.05) is 18.7 Å². The van der Waals surface area contributed by atoms with Crippen molar-refractivity contribution < 1.29 is 4.79 Å². The van der Waals surface area contributed by atoms with Gasteiger partial charge in [-0.1, -0.05) is 31.0 Å². The zero-order valence-corrected chi connectivity index (χ0v) is 14.6. The van der Waals surface area contributed by atoms with Crippen molar-refractivity contribution in [3.63, 3.8) is 0 Å². The van der Waals surface area contributed by atoms with Gasteiger partial charge in [0.05, 0.1) is 24.5 Å². The van der Waals surface area contributed by atoms with E-state index >= 15 is 0 Å². The van der Waals surface area contributed by atoms with E-state index in [0.717, 1.165) is 37.4 Å². The topological polar surface area (TPSA) is 50.2 Å². The van der Waals surface area contributed by atoms with Gasteiger partial charge in [-0.15, -0.1) is 0 Å². The van der Waals surface area contributed by atoms with Crippen LogP contribution in [0, 0.1) is 6.92 Å². The molecular weight excluding hydrogens is 300 g/mol. The number of aryl methyl sites for hydroxylation is 1. The lowest BCUT2D eigenvalue weighted by molar-refractivity contribution is 0.0950. The minimum absolute atomic E-state index is 0.0504. The summed E-state index contributed by atoms with van der Waals surface area (Å²) in [5.41, 5.74) is 4.02. The lowest BCUT2D eigenvalue weighted by atomic mass is 10.1. The fourth-order valence-electron chi connectivity index (χ4n) is 3.02. The highest BCUT2D eigenvalue weighted by atomic mass is 16.1. The Bertz CT molecular complexity index is 690. The maximum Gasteiger partial charge on any atom is 0.251 e. The fraction of sp³-hybridized carbons (Fsp3) is 0.474. The monoisotopic (exact) mass is 326 g/mol. The van der Waals surface area contributed by atoms with Gasteiger partial charge < -0.3 is 5.32 Å². The summed E-state index contributed by atoms with van der Waals surface area (Å²) in [6.07, 6.45) is 2.47. The maximum atomic E-state index is 12.2. The number of hydrogen-bond donors (Lipinski definition) is 1. The van der Waals surface area contributed by atoms with Crippen LogP contribution in [0.2, 0.25) is 0 Å². The second-order valence-electron chi connectivity index (χ2n) is 6.53. The molecule has 2 aromatic rings. The third-order valence-corrected chi connectivity index (χ3v) is 4.50. The Kier molecular flexibility index (Phi) is 5.30. The molecule has 0 radical (unpaired) electrons. The number of nitrogens with zero attached hydrogens (tertiary/aromatic N) is 3. The summed E-state index contributed by atoms with van der Waals surface area (Å²) < 4.78 is 2.08. The van der Waals surface area contributed by atoms with Crippen LogP contribution in [-0.2, 0) is 19.6 Å². The Morgan fingerprint density at radius 1 is 1.25 bits per heavy atom. The molecule has 1 aromatic heterocycles. The number of unbranched alkanes of at least 4 members (excludes halogenated alkanes) is 1.